The zero-order valence-corrected chi connectivity index (χ0v) is 17.4. The summed E-state index contributed by atoms with van der Waals surface area (Å²) >= 11 is 5.92. The van der Waals surface area contributed by atoms with Crippen molar-refractivity contribution in [1.82, 2.24) is 9.55 Å². The predicted octanol–water partition coefficient (Wildman–Crippen LogP) is 1.49. The number of nitrogens with zero attached hydrogens (tertiary/aromatic N) is 2. The number of nitrogens with two attached hydrogens (primary N) is 1. The summed E-state index contributed by atoms with van der Waals surface area (Å²) in [6.07, 6.45) is 0. The molecule has 0 spiro atoms. The Morgan fingerprint density at radius 3 is 2.69 bits per heavy atom. The number of nitrogen functional groups attached to an aromatic ring is 1. The number of carbonyl (C=O) groups is 1. The van der Waals surface area contributed by atoms with Gasteiger partial charge in [-0.25, -0.2) is 4.79 Å². The van der Waals surface area contributed by atoms with Gasteiger partial charge in [0.05, 0.1) is 6.61 Å². The first-order chi connectivity index (χ1) is 13.7. The van der Waals surface area contributed by atoms with Gasteiger partial charge in [-0.05, 0) is 24.1 Å². The molecule has 1 aromatic heterocycles. The van der Waals surface area contributed by atoms with Crippen molar-refractivity contribution in [3.8, 4) is 5.75 Å². The SMILES string of the molecule is COCCN(C(=O)COc1cccc(Cl)c1)c1c(N)n(CC(C)C)c(=O)[nH]c1=O. The van der Waals surface area contributed by atoms with Crippen LogP contribution in [0.15, 0.2) is 33.9 Å². The molecule has 0 atom stereocenters. The lowest BCUT2D eigenvalue weighted by Crippen LogP contribution is -2.44. The van der Waals surface area contributed by atoms with Crippen molar-refractivity contribution in [3.63, 3.8) is 0 Å². The highest BCUT2D eigenvalue weighted by Crippen LogP contribution is 2.20. The molecule has 0 bridgehead atoms. The number of anilines is 2. The third kappa shape index (κ3) is 5.85. The molecule has 9 nitrogen and oxygen atoms in total. The molecule has 2 rings (SSSR count). The second-order valence-electron chi connectivity index (χ2n) is 6.78. The van der Waals surface area contributed by atoms with Gasteiger partial charge >= 0.3 is 5.69 Å². The number of rotatable bonds is 9. The number of amides is 1. The van der Waals surface area contributed by atoms with Crippen LogP contribution < -0.4 is 26.6 Å². The fourth-order valence-electron chi connectivity index (χ4n) is 2.71. The minimum atomic E-state index is -0.750. The highest BCUT2D eigenvalue weighted by Gasteiger charge is 2.24. The van der Waals surface area contributed by atoms with E-state index in [1.807, 2.05) is 13.8 Å². The number of nitrogens with one attached hydrogen (secondary N) is 1. The zero-order valence-electron chi connectivity index (χ0n) is 16.6. The van der Waals surface area contributed by atoms with Crippen molar-refractivity contribution in [3.05, 3.63) is 50.1 Å². The van der Waals surface area contributed by atoms with Crippen molar-refractivity contribution < 1.29 is 14.3 Å². The second-order valence-corrected chi connectivity index (χ2v) is 7.22. The quantitative estimate of drug-likeness (QED) is 0.629. The Morgan fingerprint density at radius 2 is 2.07 bits per heavy atom. The van der Waals surface area contributed by atoms with Crippen LogP contribution in [0.2, 0.25) is 5.02 Å². The number of H-pyrrole nitrogens is 1. The number of halogens is 1. The van der Waals surface area contributed by atoms with Crippen LogP contribution in [0.5, 0.6) is 5.75 Å². The Labute approximate surface area is 173 Å². The van der Waals surface area contributed by atoms with Crippen LogP contribution in [0.4, 0.5) is 11.5 Å². The molecule has 158 valence electrons. The molecule has 0 aliphatic carbocycles. The lowest BCUT2D eigenvalue weighted by atomic mass is 10.2. The maximum Gasteiger partial charge on any atom is 0.330 e. The summed E-state index contributed by atoms with van der Waals surface area (Å²) in [5.41, 5.74) is 4.64. The first kappa shape index (κ1) is 22.5. The average molecular weight is 425 g/mol. The zero-order chi connectivity index (χ0) is 21.6. The minimum absolute atomic E-state index is 0.0569. The maximum atomic E-state index is 12.8. The standard InChI is InChI=1S/C19H25ClN4O5/c1-12(2)10-24-17(21)16(18(26)22-19(24)27)23(7-8-28-3)15(25)11-29-14-6-4-5-13(20)9-14/h4-6,9,12H,7-8,10-11,21H2,1-3H3,(H,22,26,27). The molecule has 1 heterocycles. The molecule has 0 saturated heterocycles. The van der Waals surface area contributed by atoms with E-state index in [2.05, 4.69) is 4.98 Å². The van der Waals surface area contributed by atoms with E-state index in [1.165, 1.54) is 16.6 Å². The molecule has 3 N–H and O–H groups in total. The van der Waals surface area contributed by atoms with Crippen molar-refractivity contribution in [2.45, 2.75) is 20.4 Å². The Balaban J connectivity index is 2.37. The maximum absolute atomic E-state index is 12.8. The predicted molar refractivity (Wildman–Crippen MR) is 112 cm³/mol. The summed E-state index contributed by atoms with van der Waals surface area (Å²) in [4.78, 5) is 40.9. The van der Waals surface area contributed by atoms with Gasteiger partial charge in [-0.2, -0.15) is 0 Å². The molecule has 1 aromatic carbocycles. The van der Waals surface area contributed by atoms with Crippen LogP contribution >= 0.6 is 11.6 Å². The third-order valence-corrected chi connectivity index (χ3v) is 4.25. The van der Waals surface area contributed by atoms with Crippen molar-refractivity contribution in [2.24, 2.45) is 5.92 Å². The molecule has 0 aliphatic rings. The Morgan fingerprint density at radius 1 is 1.34 bits per heavy atom. The average Bonchev–Trinajstić information content (AvgIpc) is 2.65. The summed E-state index contributed by atoms with van der Waals surface area (Å²) in [5.74, 6) is -0.0964. The number of carbonyl (C=O) groups excluding carboxylic acids is 1. The lowest BCUT2D eigenvalue weighted by molar-refractivity contribution is -0.120. The van der Waals surface area contributed by atoms with Crippen LogP contribution in [0.25, 0.3) is 0 Å². The van der Waals surface area contributed by atoms with Crippen LogP contribution in [0.3, 0.4) is 0 Å². The van der Waals surface area contributed by atoms with Gasteiger partial charge in [-0.1, -0.05) is 31.5 Å². The van der Waals surface area contributed by atoms with Gasteiger partial charge in [0.1, 0.15) is 11.6 Å². The normalized spacial score (nSPS) is 10.9. The number of aromatic amines is 1. The second kappa shape index (κ2) is 10.1. The van der Waals surface area contributed by atoms with Gasteiger partial charge in [0.15, 0.2) is 12.3 Å². The van der Waals surface area contributed by atoms with Gasteiger partial charge in [0.2, 0.25) is 0 Å². The molecular weight excluding hydrogens is 400 g/mol. The molecule has 2 aromatic rings. The molecule has 10 heteroatoms. The number of hydrogen-bond acceptors (Lipinski definition) is 6. The van der Waals surface area contributed by atoms with E-state index < -0.39 is 17.2 Å². The van der Waals surface area contributed by atoms with Crippen LogP contribution in [-0.4, -0.2) is 42.3 Å². The first-order valence-electron chi connectivity index (χ1n) is 9.04. The van der Waals surface area contributed by atoms with E-state index >= 15 is 0 Å². The largest absolute Gasteiger partial charge is 0.484 e. The number of aromatic nitrogens is 2. The molecule has 29 heavy (non-hydrogen) atoms. The first-order valence-corrected chi connectivity index (χ1v) is 9.42. The lowest BCUT2D eigenvalue weighted by Gasteiger charge is -2.24. The number of methoxy groups -OCH3 is 1. The Hall–Kier alpha value is -2.78. The van der Waals surface area contributed by atoms with E-state index in [0.29, 0.717) is 17.3 Å². The third-order valence-electron chi connectivity index (χ3n) is 4.01. The number of hydrogen-bond donors (Lipinski definition) is 2. The van der Waals surface area contributed by atoms with Crippen LogP contribution in [-0.2, 0) is 16.1 Å². The monoisotopic (exact) mass is 424 g/mol. The van der Waals surface area contributed by atoms with Gasteiger partial charge in [-0.3, -0.25) is 24.0 Å². The molecule has 1 amide bonds. The van der Waals surface area contributed by atoms with Gasteiger partial charge in [0, 0.05) is 25.2 Å². The molecular formula is C19H25ClN4O5. The molecule has 0 radical (unpaired) electrons. The molecule has 0 aliphatic heterocycles. The van der Waals surface area contributed by atoms with Crippen molar-refractivity contribution in [1.29, 1.82) is 0 Å². The highest BCUT2D eigenvalue weighted by atomic mass is 35.5. The van der Waals surface area contributed by atoms with E-state index in [4.69, 9.17) is 26.8 Å². The summed E-state index contributed by atoms with van der Waals surface area (Å²) in [5, 5.41) is 0.465. The highest BCUT2D eigenvalue weighted by molar-refractivity contribution is 6.30. The van der Waals surface area contributed by atoms with Gasteiger partial charge < -0.3 is 15.2 Å². The van der Waals surface area contributed by atoms with Crippen molar-refractivity contribution >= 4 is 29.0 Å². The smallest absolute Gasteiger partial charge is 0.330 e. The topological polar surface area (TPSA) is 120 Å². The summed E-state index contributed by atoms with van der Waals surface area (Å²) < 4.78 is 11.8. The Bertz CT molecular complexity index is 970. The number of benzene rings is 1. The molecule has 0 saturated carbocycles. The summed E-state index contributed by atoms with van der Waals surface area (Å²) in [7, 11) is 1.47. The van der Waals surface area contributed by atoms with E-state index in [-0.39, 0.29) is 37.2 Å². The van der Waals surface area contributed by atoms with E-state index in [1.54, 1.807) is 24.3 Å². The summed E-state index contributed by atoms with van der Waals surface area (Å²) in [6.45, 7) is 3.96. The Kier molecular flexibility index (Phi) is 7.86. The molecule has 0 unspecified atom stereocenters. The van der Waals surface area contributed by atoms with Crippen LogP contribution in [0, 0.1) is 5.92 Å². The van der Waals surface area contributed by atoms with E-state index in [9.17, 15) is 14.4 Å². The molecule has 0 fully saturated rings. The van der Waals surface area contributed by atoms with Gasteiger partial charge in [0.25, 0.3) is 11.5 Å². The van der Waals surface area contributed by atoms with Crippen molar-refractivity contribution in [2.75, 3.05) is 37.5 Å². The fraction of sp³-hybridized carbons (Fsp3) is 0.421. The van der Waals surface area contributed by atoms with E-state index in [0.717, 1.165) is 0 Å². The summed E-state index contributed by atoms with van der Waals surface area (Å²) in [6, 6.07) is 6.59. The fourth-order valence-corrected chi connectivity index (χ4v) is 2.89. The van der Waals surface area contributed by atoms with Crippen LogP contribution in [0.1, 0.15) is 13.8 Å². The minimum Gasteiger partial charge on any atom is -0.484 e. The number of ether oxygens (including phenoxy) is 2. The van der Waals surface area contributed by atoms with Gasteiger partial charge in [-0.15, -0.1) is 0 Å².